The van der Waals surface area contributed by atoms with E-state index < -0.39 is 5.60 Å². The molecule has 118 valence electrons. The summed E-state index contributed by atoms with van der Waals surface area (Å²) in [5, 5.41) is 17.2. The highest BCUT2D eigenvalue weighted by molar-refractivity contribution is 5.79. The van der Waals surface area contributed by atoms with Gasteiger partial charge in [-0.3, -0.25) is 0 Å². The Bertz CT molecular complexity index is 502. The second-order valence-electron chi connectivity index (χ2n) is 6.12. The zero-order valence-electron chi connectivity index (χ0n) is 13.5. The van der Waals surface area contributed by atoms with Gasteiger partial charge in [0, 0.05) is 18.7 Å². The summed E-state index contributed by atoms with van der Waals surface area (Å²) in [4.78, 5) is 4.51. The molecule has 1 aromatic rings. The molecule has 1 fully saturated rings. The fourth-order valence-corrected chi connectivity index (χ4v) is 2.39. The largest absolute Gasteiger partial charge is 0.466 e. The first-order chi connectivity index (χ1) is 9.92. The van der Waals surface area contributed by atoms with Crippen molar-refractivity contribution in [2.45, 2.75) is 46.1 Å². The molecule has 0 amide bonds. The number of nitrogens with one attached hydrogen (secondary N) is 2. The highest BCUT2D eigenvalue weighted by atomic mass is 16.3. The maximum absolute atomic E-state index is 10.7. The maximum atomic E-state index is 10.7. The third-order valence-corrected chi connectivity index (χ3v) is 3.77. The number of furan rings is 1. The Labute approximate surface area is 126 Å². The highest BCUT2D eigenvalue weighted by Gasteiger charge is 2.28. The van der Waals surface area contributed by atoms with Crippen LogP contribution in [0.25, 0.3) is 0 Å². The van der Waals surface area contributed by atoms with Crippen LogP contribution < -0.4 is 10.6 Å². The Hall–Kier alpha value is -1.49. The molecule has 5 nitrogen and oxygen atoms in total. The summed E-state index contributed by atoms with van der Waals surface area (Å²) in [5.41, 5.74) is -0.217. The zero-order valence-corrected chi connectivity index (χ0v) is 13.5. The molecule has 0 saturated heterocycles. The molecule has 21 heavy (non-hydrogen) atoms. The van der Waals surface area contributed by atoms with Crippen LogP contribution in [-0.4, -0.2) is 30.7 Å². The first-order valence-electron chi connectivity index (χ1n) is 7.74. The van der Waals surface area contributed by atoms with Gasteiger partial charge in [0.05, 0.1) is 6.54 Å². The van der Waals surface area contributed by atoms with Crippen molar-refractivity contribution < 1.29 is 9.52 Å². The van der Waals surface area contributed by atoms with Crippen molar-refractivity contribution in [2.75, 3.05) is 19.6 Å². The lowest BCUT2D eigenvalue weighted by Crippen LogP contribution is -2.39. The predicted octanol–water partition coefficient (Wildman–Crippen LogP) is 2.07. The number of aliphatic imine (C=N–C) groups is 1. The van der Waals surface area contributed by atoms with Crippen molar-refractivity contribution in [1.82, 2.24) is 10.6 Å². The van der Waals surface area contributed by atoms with Crippen LogP contribution in [0.2, 0.25) is 0 Å². The lowest BCUT2D eigenvalue weighted by molar-refractivity contribution is 0.0657. The first-order valence-corrected chi connectivity index (χ1v) is 7.74. The summed E-state index contributed by atoms with van der Waals surface area (Å²) in [6.45, 7) is 9.63. The Kier molecular flexibility index (Phi) is 4.93. The SMILES string of the molecule is CCNC(=NCC(C)(O)c1cc(C)oc1C)NCC1CC1. The van der Waals surface area contributed by atoms with Crippen molar-refractivity contribution in [2.24, 2.45) is 10.9 Å². The molecule has 1 heterocycles. The van der Waals surface area contributed by atoms with Crippen molar-refractivity contribution in [3.8, 4) is 0 Å². The average molecular weight is 293 g/mol. The van der Waals surface area contributed by atoms with E-state index in [1.54, 1.807) is 6.92 Å². The van der Waals surface area contributed by atoms with Crippen LogP contribution in [0, 0.1) is 19.8 Å². The van der Waals surface area contributed by atoms with Crippen molar-refractivity contribution in [1.29, 1.82) is 0 Å². The van der Waals surface area contributed by atoms with Gasteiger partial charge in [0.1, 0.15) is 17.1 Å². The van der Waals surface area contributed by atoms with Crippen LogP contribution in [0.5, 0.6) is 0 Å². The molecular weight excluding hydrogens is 266 g/mol. The third-order valence-electron chi connectivity index (χ3n) is 3.77. The van der Waals surface area contributed by atoms with E-state index in [-0.39, 0.29) is 0 Å². The van der Waals surface area contributed by atoms with Gasteiger partial charge in [-0.1, -0.05) is 0 Å². The quantitative estimate of drug-likeness (QED) is 0.555. The Balaban J connectivity index is 2.01. The van der Waals surface area contributed by atoms with Crippen LogP contribution in [-0.2, 0) is 5.60 Å². The molecule has 0 spiro atoms. The highest BCUT2D eigenvalue weighted by Crippen LogP contribution is 2.28. The van der Waals surface area contributed by atoms with E-state index in [0.29, 0.717) is 6.54 Å². The van der Waals surface area contributed by atoms with E-state index in [1.165, 1.54) is 12.8 Å². The topological polar surface area (TPSA) is 69.8 Å². The van der Waals surface area contributed by atoms with E-state index >= 15 is 0 Å². The van der Waals surface area contributed by atoms with Crippen LogP contribution in [0.3, 0.4) is 0 Å². The number of rotatable bonds is 6. The van der Waals surface area contributed by atoms with E-state index in [1.807, 2.05) is 26.8 Å². The Morgan fingerprint density at radius 3 is 2.67 bits per heavy atom. The van der Waals surface area contributed by atoms with Crippen LogP contribution in [0.4, 0.5) is 0 Å². The van der Waals surface area contributed by atoms with Crippen LogP contribution in [0.1, 0.15) is 43.8 Å². The lowest BCUT2D eigenvalue weighted by atomic mass is 9.96. The molecule has 1 atom stereocenters. The maximum Gasteiger partial charge on any atom is 0.191 e. The van der Waals surface area contributed by atoms with E-state index in [9.17, 15) is 5.11 Å². The molecule has 1 unspecified atom stereocenters. The standard InChI is InChI=1S/C16H27N3O2/c1-5-17-15(18-9-13-6-7-13)19-10-16(4,20)14-8-11(2)21-12(14)3/h8,13,20H,5-7,9-10H2,1-4H3,(H2,17,18,19). The molecular formula is C16H27N3O2. The molecule has 1 aromatic heterocycles. The molecule has 0 bridgehead atoms. The summed E-state index contributed by atoms with van der Waals surface area (Å²) in [7, 11) is 0. The van der Waals surface area contributed by atoms with Crippen molar-refractivity contribution in [3.63, 3.8) is 0 Å². The molecule has 0 aromatic carbocycles. The number of hydrogen-bond acceptors (Lipinski definition) is 3. The van der Waals surface area contributed by atoms with Gasteiger partial charge >= 0.3 is 0 Å². The van der Waals surface area contributed by atoms with Crippen LogP contribution >= 0.6 is 0 Å². The van der Waals surface area contributed by atoms with Crippen LogP contribution in [0.15, 0.2) is 15.5 Å². The van der Waals surface area contributed by atoms with Gasteiger partial charge in [-0.05, 0) is 52.5 Å². The average Bonchev–Trinajstić information content (AvgIpc) is 3.17. The fourth-order valence-electron chi connectivity index (χ4n) is 2.39. The molecule has 2 rings (SSSR count). The minimum absolute atomic E-state index is 0.298. The third kappa shape index (κ3) is 4.49. The van der Waals surface area contributed by atoms with Crippen molar-refractivity contribution in [3.05, 3.63) is 23.2 Å². The summed E-state index contributed by atoms with van der Waals surface area (Å²) in [6.07, 6.45) is 2.61. The monoisotopic (exact) mass is 293 g/mol. The van der Waals surface area contributed by atoms with E-state index in [0.717, 1.165) is 42.1 Å². The number of aryl methyl sites for hydroxylation is 2. The second kappa shape index (κ2) is 6.52. The number of guanidine groups is 1. The molecule has 3 N–H and O–H groups in total. The minimum atomic E-state index is -1.02. The minimum Gasteiger partial charge on any atom is -0.466 e. The molecule has 0 radical (unpaired) electrons. The van der Waals surface area contributed by atoms with Gasteiger partial charge in [-0.25, -0.2) is 4.99 Å². The molecule has 1 saturated carbocycles. The van der Waals surface area contributed by atoms with Crippen molar-refractivity contribution >= 4 is 5.96 Å². The van der Waals surface area contributed by atoms with Gasteiger partial charge in [-0.2, -0.15) is 0 Å². The second-order valence-corrected chi connectivity index (χ2v) is 6.12. The van der Waals surface area contributed by atoms with E-state index in [2.05, 4.69) is 15.6 Å². The van der Waals surface area contributed by atoms with Gasteiger partial charge in [0.2, 0.25) is 0 Å². The van der Waals surface area contributed by atoms with Gasteiger partial charge in [0.25, 0.3) is 0 Å². The normalized spacial score (nSPS) is 18.4. The summed E-state index contributed by atoms with van der Waals surface area (Å²) in [5.74, 6) is 3.12. The molecule has 1 aliphatic carbocycles. The number of nitrogens with zero attached hydrogens (tertiary/aromatic N) is 1. The first kappa shape index (κ1) is 15.9. The molecule has 5 heteroatoms. The lowest BCUT2D eigenvalue weighted by Gasteiger charge is -2.21. The number of hydrogen-bond donors (Lipinski definition) is 3. The summed E-state index contributed by atoms with van der Waals surface area (Å²) in [6, 6.07) is 1.88. The molecule has 0 aliphatic heterocycles. The Morgan fingerprint density at radius 2 is 2.14 bits per heavy atom. The zero-order chi connectivity index (χ0) is 15.5. The van der Waals surface area contributed by atoms with Gasteiger partial charge < -0.3 is 20.2 Å². The van der Waals surface area contributed by atoms with Gasteiger partial charge in [-0.15, -0.1) is 0 Å². The predicted molar refractivity (Wildman–Crippen MR) is 84.5 cm³/mol. The molecule has 1 aliphatic rings. The smallest absolute Gasteiger partial charge is 0.191 e. The van der Waals surface area contributed by atoms with Gasteiger partial charge in [0.15, 0.2) is 5.96 Å². The van der Waals surface area contributed by atoms with E-state index in [4.69, 9.17) is 4.42 Å². The Morgan fingerprint density at radius 1 is 1.43 bits per heavy atom. The summed E-state index contributed by atoms with van der Waals surface area (Å²) < 4.78 is 5.50. The summed E-state index contributed by atoms with van der Waals surface area (Å²) >= 11 is 0. The number of aliphatic hydroxyl groups is 1. The fraction of sp³-hybridized carbons (Fsp3) is 0.688.